The summed E-state index contributed by atoms with van der Waals surface area (Å²) in [4.78, 5) is 28.7. The topological polar surface area (TPSA) is 77.5 Å². The maximum absolute atomic E-state index is 14.5. The van der Waals surface area contributed by atoms with Gasteiger partial charge in [-0.05, 0) is 44.9 Å². The van der Waals surface area contributed by atoms with Gasteiger partial charge in [0, 0.05) is 30.3 Å². The molecule has 1 aromatic heterocycles. The average molecular weight is 432 g/mol. The van der Waals surface area contributed by atoms with Crippen molar-refractivity contribution in [2.24, 2.45) is 5.92 Å². The highest BCUT2D eigenvalue weighted by Gasteiger charge is 2.51. The molecule has 1 amide bonds. The number of ketones is 1. The molecule has 3 rings (SSSR count). The Labute approximate surface area is 180 Å². The number of rotatable bonds is 6. The minimum absolute atomic E-state index is 0.139. The van der Waals surface area contributed by atoms with Crippen molar-refractivity contribution in [3.63, 3.8) is 0 Å². The van der Waals surface area contributed by atoms with E-state index in [4.69, 9.17) is 9.47 Å². The first-order chi connectivity index (χ1) is 14.6. The molecule has 31 heavy (non-hydrogen) atoms. The van der Waals surface area contributed by atoms with Crippen LogP contribution >= 0.6 is 0 Å². The van der Waals surface area contributed by atoms with Crippen molar-refractivity contribution in [2.45, 2.75) is 52.2 Å². The maximum atomic E-state index is 14.5. The number of nitrogens with zero attached hydrogens (tertiary/aromatic N) is 1. The number of benzene rings is 1. The van der Waals surface area contributed by atoms with Gasteiger partial charge in [0.25, 0.3) is 5.91 Å². The monoisotopic (exact) mass is 432 g/mol. The van der Waals surface area contributed by atoms with Crippen molar-refractivity contribution in [1.29, 1.82) is 0 Å². The van der Waals surface area contributed by atoms with Crippen molar-refractivity contribution in [3.05, 3.63) is 53.4 Å². The molecule has 1 aliphatic heterocycles. The van der Waals surface area contributed by atoms with Crippen LogP contribution in [0.2, 0.25) is 0 Å². The Hall–Kier alpha value is -2.87. The number of carbonyl (C=O) groups is 2. The Kier molecular flexibility index (Phi) is 6.40. The molecule has 0 unspecified atom stereocenters. The molecule has 1 fully saturated rings. The SMILES string of the molecule is CCOc1c([C@H]2[C@H](C(=O)Nc3ccnc(C(C)=O)c3)OC(C)(C)[C@H]2C)ccc(F)c1F. The van der Waals surface area contributed by atoms with E-state index in [0.29, 0.717) is 11.3 Å². The fourth-order valence-electron chi connectivity index (χ4n) is 3.87. The van der Waals surface area contributed by atoms with Crippen LogP contribution in [0.5, 0.6) is 5.75 Å². The van der Waals surface area contributed by atoms with E-state index in [1.165, 1.54) is 25.3 Å². The minimum atomic E-state index is -1.09. The quantitative estimate of drug-likeness (QED) is 0.681. The molecule has 3 atom stereocenters. The summed E-state index contributed by atoms with van der Waals surface area (Å²) in [6.45, 7) is 8.78. The number of amides is 1. The summed E-state index contributed by atoms with van der Waals surface area (Å²) in [7, 11) is 0. The Morgan fingerprint density at radius 3 is 2.61 bits per heavy atom. The van der Waals surface area contributed by atoms with Crippen LogP contribution < -0.4 is 10.1 Å². The fraction of sp³-hybridized carbons (Fsp3) is 0.435. The number of nitrogens with one attached hydrogen (secondary N) is 1. The van der Waals surface area contributed by atoms with E-state index >= 15 is 0 Å². The third-order valence-corrected chi connectivity index (χ3v) is 5.77. The zero-order valence-electron chi connectivity index (χ0n) is 18.2. The van der Waals surface area contributed by atoms with Gasteiger partial charge in [-0.2, -0.15) is 4.39 Å². The second-order valence-electron chi connectivity index (χ2n) is 8.14. The predicted octanol–water partition coefficient (Wildman–Crippen LogP) is 4.50. The van der Waals surface area contributed by atoms with Gasteiger partial charge in [0.15, 0.2) is 17.3 Å². The van der Waals surface area contributed by atoms with E-state index < -0.39 is 35.2 Å². The first-order valence-electron chi connectivity index (χ1n) is 10.1. The molecule has 1 saturated heterocycles. The van der Waals surface area contributed by atoms with Crippen molar-refractivity contribution in [2.75, 3.05) is 11.9 Å². The lowest BCUT2D eigenvalue weighted by Crippen LogP contribution is -2.33. The van der Waals surface area contributed by atoms with Gasteiger partial charge >= 0.3 is 0 Å². The van der Waals surface area contributed by atoms with Gasteiger partial charge < -0.3 is 14.8 Å². The van der Waals surface area contributed by atoms with Gasteiger partial charge in [0.05, 0.1) is 12.2 Å². The molecule has 1 aliphatic rings. The summed E-state index contributed by atoms with van der Waals surface area (Å²) in [5.41, 5.74) is 0.275. The number of ether oxygens (including phenoxy) is 2. The van der Waals surface area contributed by atoms with Crippen molar-refractivity contribution < 1.29 is 27.8 Å². The summed E-state index contributed by atoms with van der Waals surface area (Å²) in [5, 5.41) is 2.75. The number of pyridine rings is 1. The third-order valence-electron chi connectivity index (χ3n) is 5.77. The van der Waals surface area contributed by atoms with Gasteiger partial charge in [0.2, 0.25) is 5.82 Å². The first-order valence-corrected chi connectivity index (χ1v) is 10.1. The molecular weight excluding hydrogens is 406 g/mol. The molecule has 0 spiro atoms. The standard InChI is InChI=1S/C23H26F2N2O4/c1-6-30-20-15(7-8-16(24)19(20)25)18-12(2)23(4,5)31-21(18)22(29)27-14-9-10-26-17(11-14)13(3)28/h7-12,18,21H,6H2,1-5H3,(H,26,27,29)/t12-,18-,21+/m0/s1. The Morgan fingerprint density at radius 1 is 1.26 bits per heavy atom. The number of anilines is 1. The van der Waals surface area contributed by atoms with Crippen LogP contribution in [0.25, 0.3) is 0 Å². The minimum Gasteiger partial charge on any atom is -0.490 e. The summed E-state index contributed by atoms with van der Waals surface area (Å²) in [6.07, 6.45) is 0.442. The van der Waals surface area contributed by atoms with Crippen LogP contribution in [0.4, 0.5) is 14.5 Å². The number of halogens is 2. The van der Waals surface area contributed by atoms with E-state index in [2.05, 4.69) is 10.3 Å². The largest absolute Gasteiger partial charge is 0.490 e. The summed E-state index contributed by atoms with van der Waals surface area (Å²) in [6, 6.07) is 5.51. The Balaban J connectivity index is 1.99. The molecule has 2 aromatic rings. The molecule has 8 heteroatoms. The second kappa shape index (κ2) is 8.70. The molecule has 0 bridgehead atoms. The second-order valence-corrected chi connectivity index (χ2v) is 8.14. The molecule has 0 aliphatic carbocycles. The summed E-state index contributed by atoms with van der Waals surface area (Å²) in [5.74, 6) is -3.80. The zero-order valence-corrected chi connectivity index (χ0v) is 18.2. The number of carbonyl (C=O) groups excluding carboxylic acids is 2. The Bertz CT molecular complexity index is 1010. The molecule has 2 heterocycles. The number of Topliss-reactive ketones (excluding diaryl/α,β-unsaturated/α-hetero) is 1. The van der Waals surface area contributed by atoms with Gasteiger partial charge in [-0.15, -0.1) is 0 Å². The van der Waals surface area contributed by atoms with Crippen molar-refractivity contribution in [3.8, 4) is 5.75 Å². The van der Waals surface area contributed by atoms with Crippen molar-refractivity contribution in [1.82, 2.24) is 4.98 Å². The molecular formula is C23H26F2N2O4. The van der Waals surface area contributed by atoms with Crippen LogP contribution in [0.3, 0.4) is 0 Å². The van der Waals surface area contributed by atoms with E-state index in [1.54, 1.807) is 13.0 Å². The lowest BCUT2D eigenvalue weighted by molar-refractivity contribution is -0.131. The van der Waals surface area contributed by atoms with Gasteiger partial charge in [-0.25, -0.2) is 4.39 Å². The summed E-state index contributed by atoms with van der Waals surface area (Å²) < 4.78 is 39.9. The fourth-order valence-corrected chi connectivity index (χ4v) is 3.87. The summed E-state index contributed by atoms with van der Waals surface area (Å²) >= 11 is 0. The predicted molar refractivity (Wildman–Crippen MR) is 111 cm³/mol. The number of hydrogen-bond acceptors (Lipinski definition) is 5. The molecule has 1 aromatic carbocycles. The molecule has 166 valence electrons. The number of hydrogen-bond donors (Lipinski definition) is 1. The lowest BCUT2D eigenvalue weighted by atomic mass is 9.78. The smallest absolute Gasteiger partial charge is 0.254 e. The van der Waals surface area contributed by atoms with Gasteiger partial charge in [-0.3, -0.25) is 14.6 Å². The zero-order chi connectivity index (χ0) is 22.9. The highest BCUT2D eigenvalue weighted by molar-refractivity contribution is 5.97. The Morgan fingerprint density at radius 2 is 1.97 bits per heavy atom. The number of aromatic nitrogens is 1. The van der Waals surface area contributed by atoms with Crippen LogP contribution in [0, 0.1) is 17.6 Å². The van der Waals surface area contributed by atoms with Crippen LogP contribution in [-0.4, -0.2) is 35.0 Å². The lowest BCUT2D eigenvalue weighted by Gasteiger charge is -2.26. The van der Waals surface area contributed by atoms with E-state index in [1.807, 2.05) is 20.8 Å². The highest BCUT2D eigenvalue weighted by atomic mass is 19.2. The maximum Gasteiger partial charge on any atom is 0.254 e. The van der Waals surface area contributed by atoms with Crippen LogP contribution in [0.1, 0.15) is 56.6 Å². The van der Waals surface area contributed by atoms with E-state index in [9.17, 15) is 18.4 Å². The van der Waals surface area contributed by atoms with Crippen LogP contribution in [-0.2, 0) is 9.53 Å². The van der Waals surface area contributed by atoms with Gasteiger partial charge in [-0.1, -0.05) is 13.0 Å². The molecule has 1 N–H and O–H groups in total. The van der Waals surface area contributed by atoms with E-state index in [0.717, 1.165) is 6.07 Å². The van der Waals surface area contributed by atoms with E-state index in [-0.39, 0.29) is 29.8 Å². The first kappa shape index (κ1) is 22.8. The van der Waals surface area contributed by atoms with Crippen molar-refractivity contribution >= 4 is 17.4 Å². The highest BCUT2D eigenvalue weighted by Crippen LogP contribution is 2.49. The average Bonchev–Trinajstić information content (AvgIpc) is 2.96. The normalized spacial score (nSPS) is 22.2. The third kappa shape index (κ3) is 4.44. The molecule has 0 radical (unpaired) electrons. The van der Waals surface area contributed by atoms with Gasteiger partial charge in [0.1, 0.15) is 11.8 Å². The molecule has 0 saturated carbocycles. The molecule has 6 nitrogen and oxygen atoms in total. The van der Waals surface area contributed by atoms with Crippen LogP contribution in [0.15, 0.2) is 30.5 Å².